The van der Waals surface area contributed by atoms with Gasteiger partial charge >= 0.3 is 0 Å². The minimum Gasteiger partial charge on any atom is -0.396 e. The summed E-state index contributed by atoms with van der Waals surface area (Å²) in [5.74, 6) is 0. The topological polar surface area (TPSA) is 37.2 Å². The minimum absolute atomic E-state index is 0.296. The zero-order valence-corrected chi connectivity index (χ0v) is 9.58. The predicted octanol–water partition coefficient (Wildman–Crippen LogP) is 1.76. The summed E-state index contributed by atoms with van der Waals surface area (Å²) in [6.07, 6.45) is 5.22. The largest absolute Gasteiger partial charge is 0.396 e. The highest BCUT2D eigenvalue weighted by atomic mass is 16.2. The molecular weight excluding hydrogens is 188 g/mol. The van der Waals surface area contributed by atoms with Gasteiger partial charge in [0.1, 0.15) is 0 Å². The van der Waals surface area contributed by atoms with Crippen molar-refractivity contribution in [2.45, 2.75) is 39.3 Å². The molecule has 0 saturated heterocycles. The minimum atomic E-state index is 0.296. The van der Waals surface area contributed by atoms with Gasteiger partial charge in [-0.25, -0.2) is 0 Å². The molecule has 0 atom stereocenters. The number of nitrogens with zero attached hydrogens (tertiary/aromatic N) is 1. The summed E-state index contributed by atoms with van der Waals surface area (Å²) < 4.78 is 2.26. The van der Waals surface area contributed by atoms with Crippen molar-refractivity contribution in [3.8, 4) is 0 Å². The number of aryl methyl sites for hydroxylation is 1. The normalized spacial score (nSPS) is 10.8. The van der Waals surface area contributed by atoms with Crippen LogP contribution in [0.3, 0.4) is 0 Å². The molecule has 0 aliphatic heterocycles. The van der Waals surface area contributed by atoms with Gasteiger partial charge in [0.2, 0.25) is 0 Å². The van der Waals surface area contributed by atoms with E-state index in [0.717, 1.165) is 32.5 Å². The SMILES string of the molecule is CCCNCc1cccn1CCCCO. The van der Waals surface area contributed by atoms with Crippen molar-refractivity contribution in [2.24, 2.45) is 0 Å². The van der Waals surface area contributed by atoms with Crippen LogP contribution in [-0.4, -0.2) is 22.8 Å². The Morgan fingerprint density at radius 2 is 2.27 bits per heavy atom. The molecule has 1 heterocycles. The third kappa shape index (κ3) is 4.49. The number of aromatic nitrogens is 1. The van der Waals surface area contributed by atoms with Gasteiger partial charge in [-0.2, -0.15) is 0 Å². The van der Waals surface area contributed by atoms with Gasteiger partial charge in [0.05, 0.1) is 0 Å². The van der Waals surface area contributed by atoms with Crippen molar-refractivity contribution in [3.05, 3.63) is 24.0 Å². The molecule has 0 unspecified atom stereocenters. The summed E-state index contributed by atoms with van der Waals surface area (Å²) in [7, 11) is 0. The summed E-state index contributed by atoms with van der Waals surface area (Å²) in [6, 6.07) is 4.24. The van der Waals surface area contributed by atoms with Gasteiger partial charge in [0.15, 0.2) is 0 Å². The van der Waals surface area contributed by atoms with Gasteiger partial charge in [-0.1, -0.05) is 6.92 Å². The monoisotopic (exact) mass is 210 g/mol. The maximum Gasteiger partial charge on any atom is 0.0431 e. The van der Waals surface area contributed by atoms with Crippen LogP contribution in [0.5, 0.6) is 0 Å². The quantitative estimate of drug-likeness (QED) is 0.642. The van der Waals surface area contributed by atoms with Gasteiger partial charge in [-0.3, -0.25) is 0 Å². The van der Waals surface area contributed by atoms with Crippen molar-refractivity contribution in [1.82, 2.24) is 9.88 Å². The molecule has 86 valence electrons. The molecule has 0 bridgehead atoms. The molecule has 0 radical (unpaired) electrons. The Morgan fingerprint density at radius 3 is 3.00 bits per heavy atom. The van der Waals surface area contributed by atoms with E-state index >= 15 is 0 Å². The molecule has 0 amide bonds. The number of hydrogen-bond donors (Lipinski definition) is 2. The van der Waals surface area contributed by atoms with Crippen LogP contribution in [0.2, 0.25) is 0 Å². The van der Waals surface area contributed by atoms with Crippen LogP contribution in [0, 0.1) is 0 Å². The molecule has 0 aromatic carbocycles. The van der Waals surface area contributed by atoms with Crippen molar-refractivity contribution in [2.75, 3.05) is 13.2 Å². The van der Waals surface area contributed by atoms with E-state index in [9.17, 15) is 0 Å². The second kappa shape index (κ2) is 7.49. The lowest BCUT2D eigenvalue weighted by molar-refractivity contribution is 0.281. The molecule has 0 spiro atoms. The van der Waals surface area contributed by atoms with Gasteiger partial charge in [0, 0.05) is 31.6 Å². The van der Waals surface area contributed by atoms with Crippen LogP contribution in [0.25, 0.3) is 0 Å². The maximum absolute atomic E-state index is 8.72. The van der Waals surface area contributed by atoms with E-state index in [-0.39, 0.29) is 0 Å². The zero-order chi connectivity index (χ0) is 10.9. The first kappa shape index (κ1) is 12.3. The first-order chi connectivity index (χ1) is 7.38. The lowest BCUT2D eigenvalue weighted by atomic mass is 10.3. The second-order valence-electron chi connectivity index (χ2n) is 3.80. The van der Waals surface area contributed by atoms with Crippen LogP contribution in [0.1, 0.15) is 31.9 Å². The average molecular weight is 210 g/mol. The average Bonchev–Trinajstić information content (AvgIpc) is 2.67. The molecule has 1 aromatic heterocycles. The fraction of sp³-hybridized carbons (Fsp3) is 0.667. The standard InChI is InChI=1S/C12H22N2O/c1-2-7-13-11-12-6-5-9-14(12)8-3-4-10-15/h5-6,9,13,15H,2-4,7-8,10-11H2,1H3. The smallest absolute Gasteiger partial charge is 0.0431 e. The summed E-state index contributed by atoms with van der Waals surface area (Å²) in [6.45, 7) is 5.50. The lowest BCUT2D eigenvalue weighted by Gasteiger charge is -2.09. The van der Waals surface area contributed by atoms with Crippen molar-refractivity contribution < 1.29 is 5.11 Å². The number of unbranched alkanes of at least 4 members (excludes halogenated alkanes) is 1. The maximum atomic E-state index is 8.72. The van der Waals surface area contributed by atoms with E-state index in [0.29, 0.717) is 6.61 Å². The Morgan fingerprint density at radius 1 is 1.40 bits per heavy atom. The molecule has 0 saturated carbocycles. The van der Waals surface area contributed by atoms with E-state index in [1.165, 1.54) is 12.1 Å². The second-order valence-corrected chi connectivity index (χ2v) is 3.80. The number of hydrogen-bond acceptors (Lipinski definition) is 2. The number of aliphatic hydroxyl groups excluding tert-OH is 1. The highest BCUT2D eigenvalue weighted by Crippen LogP contribution is 2.04. The van der Waals surface area contributed by atoms with Crippen LogP contribution in [0.15, 0.2) is 18.3 Å². The Kier molecular flexibility index (Phi) is 6.12. The van der Waals surface area contributed by atoms with Gasteiger partial charge in [-0.15, -0.1) is 0 Å². The van der Waals surface area contributed by atoms with Gasteiger partial charge in [-0.05, 0) is 37.9 Å². The molecule has 15 heavy (non-hydrogen) atoms. The molecule has 3 nitrogen and oxygen atoms in total. The summed E-state index contributed by atoms with van der Waals surface area (Å²) in [5, 5.41) is 12.1. The third-order valence-electron chi connectivity index (χ3n) is 2.46. The highest BCUT2D eigenvalue weighted by Gasteiger charge is 1.99. The number of nitrogens with one attached hydrogen (secondary N) is 1. The van der Waals surface area contributed by atoms with Crippen LogP contribution in [0.4, 0.5) is 0 Å². The van der Waals surface area contributed by atoms with E-state index in [1.54, 1.807) is 0 Å². The van der Waals surface area contributed by atoms with Crippen LogP contribution in [-0.2, 0) is 13.1 Å². The first-order valence-corrected chi connectivity index (χ1v) is 5.84. The molecule has 0 aliphatic carbocycles. The van der Waals surface area contributed by atoms with E-state index in [2.05, 4.69) is 35.1 Å². The lowest BCUT2D eigenvalue weighted by Crippen LogP contribution is -2.16. The molecule has 0 aliphatic rings. The summed E-state index contributed by atoms with van der Waals surface area (Å²) >= 11 is 0. The van der Waals surface area contributed by atoms with Gasteiger partial charge < -0.3 is 15.0 Å². The Labute approximate surface area is 92.1 Å². The Hall–Kier alpha value is -0.800. The summed E-state index contributed by atoms with van der Waals surface area (Å²) in [4.78, 5) is 0. The van der Waals surface area contributed by atoms with Crippen molar-refractivity contribution in [3.63, 3.8) is 0 Å². The summed E-state index contributed by atoms with van der Waals surface area (Å²) in [5.41, 5.74) is 1.33. The van der Waals surface area contributed by atoms with E-state index in [4.69, 9.17) is 5.11 Å². The van der Waals surface area contributed by atoms with Crippen LogP contribution < -0.4 is 5.32 Å². The van der Waals surface area contributed by atoms with E-state index in [1.807, 2.05) is 0 Å². The Bertz CT molecular complexity index is 233. The first-order valence-electron chi connectivity index (χ1n) is 5.84. The molecule has 1 aromatic rings. The Balaban J connectivity index is 2.32. The van der Waals surface area contributed by atoms with Gasteiger partial charge in [0.25, 0.3) is 0 Å². The molecular formula is C12H22N2O. The molecule has 2 N–H and O–H groups in total. The fourth-order valence-corrected chi connectivity index (χ4v) is 1.62. The fourth-order valence-electron chi connectivity index (χ4n) is 1.62. The molecule has 0 fully saturated rings. The molecule has 1 rings (SSSR count). The third-order valence-corrected chi connectivity index (χ3v) is 2.46. The van der Waals surface area contributed by atoms with Crippen molar-refractivity contribution in [1.29, 1.82) is 0 Å². The number of rotatable bonds is 8. The molecule has 3 heteroatoms. The zero-order valence-electron chi connectivity index (χ0n) is 9.58. The number of aliphatic hydroxyl groups is 1. The predicted molar refractivity (Wildman–Crippen MR) is 62.7 cm³/mol. The van der Waals surface area contributed by atoms with Crippen molar-refractivity contribution >= 4 is 0 Å². The van der Waals surface area contributed by atoms with Crippen LogP contribution >= 0.6 is 0 Å². The highest BCUT2D eigenvalue weighted by molar-refractivity contribution is 5.06. The van der Waals surface area contributed by atoms with E-state index < -0.39 is 0 Å².